The molecule has 0 aliphatic rings. The van der Waals surface area contributed by atoms with Crippen LogP contribution in [0, 0.1) is 0 Å². The normalized spacial score (nSPS) is 9.67. The predicted octanol–water partition coefficient (Wildman–Crippen LogP) is 0.601. The molecule has 0 aliphatic carbocycles. The highest BCUT2D eigenvalue weighted by atomic mass is 16.5. The molecule has 0 amide bonds. The molecule has 0 atom stereocenters. The second-order valence-electron chi connectivity index (χ2n) is 3.06. The third kappa shape index (κ3) is 2.20. The van der Waals surface area contributed by atoms with Crippen molar-refractivity contribution in [2.24, 2.45) is 0 Å². The maximum Gasteiger partial charge on any atom is 0.246 e. The molecule has 0 unspecified atom stereocenters. The quantitative estimate of drug-likeness (QED) is 0.788. The molecular formula is C9H16N4O2. The molecule has 15 heavy (non-hydrogen) atoms. The maximum absolute atomic E-state index is 5.15. The summed E-state index contributed by atoms with van der Waals surface area (Å²) >= 11 is 0. The molecule has 1 heterocycles. The van der Waals surface area contributed by atoms with Crippen LogP contribution in [0.5, 0.6) is 11.8 Å². The topological polar surface area (TPSA) is 59.5 Å². The van der Waals surface area contributed by atoms with Gasteiger partial charge in [-0.25, -0.2) is 0 Å². The van der Waals surface area contributed by atoms with E-state index in [1.54, 1.807) is 26.2 Å². The molecule has 0 bridgehead atoms. The number of ether oxygens (including phenoxy) is 2. The number of aromatic nitrogens is 2. The van der Waals surface area contributed by atoms with Gasteiger partial charge in [0, 0.05) is 21.1 Å². The van der Waals surface area contributed by atoms with Gasteiger partial charge in [0.05, 0.1) is 14.2 Å². The van der Waals surface area contributed by atoms with Crippen molar-refractivity contribution >= 4 is 11.6 Å². The molecule has 84 valence electrons. The Kier molecular flexibility index (Phi) is 3.54. The second-order valence-corrected chi connectivity index (χ2v) is 3.06. The highest BCUT2D eigenvalue weighted by molar-refractivity contribution is 5.62. The summed E-state index contributed by atoms with van der Waals surface area (Å²) in [6.45, 7) is 0. The van der Waals surface area contributed by atoms with E-state index in [0.29, 0.717) is 23.4 Å². The Balaban J connectivity index is 3.29. The van der Waals surface area contributed by atoms with Gasteiger partial charge in [0.2, 0.25) is 17.7 Å². The zero-order chi connectivity index (χ0) is 11.4. The van der Waals surface area contributed by atoms with Crippen LogP contribution in [-0.2, 0) is 0 Å². The first-order valence-corrected chi connectivity index (χ1v) is 4.49. The van der Waals surface area contributed by atoms with Crippen LogP contribution in [0.3, 0.4) is 0 Å². The Morgan fingerprint density at radius 1 is 1.07 bits per heavy atom. The number of rotatable bonds is 4. The van der Waals surface area contributed by atoms with Crippen molar-refractivity contribution in [1.29, 1.82) is 0 Å². The van der Waals surface area contributed by atoms with Gasteiger partial charge in [-0.15, -0.1) is 0 Å². The van der Waals surface area contributed by atoms with E-state index in [1.807, 2.05) is 14.1 Å². The summed E-state index contributed by atoms with van der Waals surface area (Å²) in [7, 11) is 8.59. The third-order valence-electron chi connectivity index (χ3n) is 1.87. The Bertz CT molecular complexity index is 316. The molecule has 6 heteroatoms. The largest absolute Gasteiger partial charge is 0.479 e. The van der Waals surface area contributed by atoms with Gasteiger partial charge < -0.3 is 19.7 Å². The average Bonchev–Trinajstić information content (AvgIpc) is 2.26. The average molecular weight is 212 g/mol. The van der Waals surface area contributed by atoms with Gasteiger partial charge >= 0.3 is 0 Å². The van der Waals surface area contributed by atoms with Gasteiger partial charge in [0.1, 0.15) is 0 Å². The van der Waals surface area contributed by atoms with E-state index in [1.165, 1.54) is 0 Å². The fourth-order valence-electron chi connectivity index (χ4n) is 1.12. The monoisotopic (exact) mass is 212 g/mol. The van der Waals surface area contributed by atoms with Gasteiger partial charge in [-0.05, 0) is 0 Å². The maximum atomic E-state index is 5.15. The zero-order valence-electron chi connectivity index (χ0n) is 9.66. The first-order valence-electron chi connectivity index (χ1n) is 4.49. The van der Waals surface area contributed by atoms with Crippen LogP contribution in [0.25, 0.3) is 0 Å². The van der Waals surface area contributed by atoms with Crippen molar-refractivity contribution in [2.45, 2.75) is 0 Å². The van der Waals surface area contributed by atoms with Crippen molar-refractivity contribution in [2.75, 3.05) is 45.6 Å². The molecule has 0 aromatic carbocycles. The van der Waals surface area contributed by atoms with E-state index in [-0.39, 0.29) is 0 Å². The molecule has 1 aromatic rings. The van der Waals surface area contributed by atoms with E-state index in [9.17, 15) is 0 Å². The number of nitrogens with one attached hydrogen (secondary N) is 1. The molecule has 0 saturated carbocycles. The smallest absolute Gasteiger partial charge is 0.246 e. The Labute approximate surface area is 89.2 Å². The van der Waals surface area contributed by atoms with E-state index >= 15 is 0 Å². The van der Waals surface area contributed by atoms with Gasteiger partial charge in [0.15, 0.2) is 5.69 Å². The first-order chi connectivity index (χ1) is 7.13. The molecule has 6 nitrogen and oxygen atoms in total. The van der Waals surface area contributed by atoms with E-state index in [0.717, 1.165) is 0 Å². The van der Waals surface area contributed by atoms with Crippen molar-refractivity contribution in [3.63, 3.8) is 0 Å². The molecule has 0 aliphatic heterocycles. The zero-order valence-corrected chi connectivity index (χ0v) is 9.66. The minimum absolute atomic E-state index is 0.466. The molecule has 1 rings (SSSR count). The van der Waals surface area contributed by atoms with Crippen LogP contribution < -0.4 is 19.7 Å². The summed E-state index contributed by atoms with van der Waals surface area (Å²) in [5, 5.41) is 2.94. The molecule has 0 spiro atoms. The summed E-state index contributed by atoms with van der Waals surface area (Å²) in [6, 6.07) is 0. The summed E-state index contributed by atoms with van der Waals surface area (Å²) < 4.78 is 10.3. The molecule has 1 aromatic heterocycles. The summed E-state index contributed by atoms with van der Waals surface area (Å²) in [5.74, 6) is 1.48. The molecule has 0 fully saturated rings. The lowest BCUT2D eigenvalue weighted by atomic mass is 10.4. The Morgan fingerprint density at radius 2 is 1.53 bits per heavy atom. The molecule has 0 radical (unpaired) electrons. The Morgan fingerprint density at radius 3 is 1.80 bits per heavy atom. The van der Waals surface area contributed by atoms with E-state index in [4.69, 9.17) is 9.47 Å². The van der Waals surface area contributed by atoms with Gasteiger partial charge in [-0.2, -0.15) is 9.97 Å². The van der Waals surface area contributed by atoms with Gasteiger partial charge in [0.25, 0.3) is 0 Å². The van der Waals surface area contributed by atoms with Crippen molar-refractivity contribution in [3.8, 4) is 11.8 Å². The minimum Gasteiger partial charge on any atom is -0.479 e. The predicted molar refractivity (Wildman–Crippen MR) is 59.0 cm³/mol. The van der Waals surface area contributed by atoms with E-state index < -0.39 is 0 Å². The van der Waals surface area contributed by atoms with E-state index in [2.05, 4.69) is 15.3 Å². The fraction of sp³-hybridized carbons (Fsp3) is 0.556. The number of nitrogens with zero attached hydrogens (tertiary/aromatic N) is 3. The van der Waals surface area contributed by atoms with Crippen LogP contribution in [0.15, 0.2) is 0 Å². The van der Waals surface area contributed by atoms with Crippen LogP contribution in [0.4, 0.5) is 11.6 Å². The number of hydrogen-bond donors (Lipinski definition) is 1. The number of anilines is 2. The fourth-order valence-corrected chi connectivity index (χ4v) is 1.12. The SMILES string of the molecule is CNc1c(OC)nc(N(C)C)nc1OC. The Hall–Kier alpha value is -1.72. The lowest BCUT2D eigenvalue weighted by molar-refractivity contribution is 0.376. The summed E-state index contributed by atoms with van der Waals surface area (Å²) in [6.07, 6.45) is 0. The van der Waals surface area contributed by atoms with Crippen molar-refractivity contribution in [1.82, 2.24) is 9.97 Å². The highest BCUT2D eigenvalue weighted by Gasteiger charge is 2.15. The highest BCUT2D eigenvalue weighted by Crippen LogP contribution is 2.32. The van der Waals surface area contributed by atoms with Crippen LogP contribution >= 0.6 is 0 Å². The van der Waals surface area contributed by atoms with Crippen LogP contribution in [-0.4, -0.2) is 45.3 Å². The van der Waals surface area contributed by atoms with Gasteiger partial charge in [-0.3, -0.25) is 0 Å². The van der Waals surface area contributed by atoms with Crippen molar-refractivity contribution in [3.05, 3.63) is 0 Å². The summed E-state index contributed by atoms with van der Waals surface area (Å²) in [4.78, 5) is 10.2. The molecule has 1 N–H and O–H groups in total. The number of hydrogen-bond acceptors (Lipinski definition) is 6. The summed E-state index contributed by atoms with van der Waals surface area (Å²) in [5.41, 5.74) is 0.644. The van der Waals surface area contributed by atoms with Gasteiger partial charge in [-0.1, -0.05) is 0 Å². The second kappa shape index (κ2) is 4.68. The molecular weight excluding hydrogens is 196 g/mol. The minimum atomic E-state index is 0.466. The third-order valence-corrected chi connectivity index (χ3v) is 1.87. The molecule has 0 saturated heterocycles. The van der Waals surface area contributed by atoms with Crippen LogP contribution in [0.2, 0.25) is 0 Å². The lowest BCUT2D eigenvalue weighted by Crippen LogP contribution is -2.14. The van der Waals surface area contributed by atoms with Crippen molar-refractivity contribution < 1.29 is 9.47 Å². The number of methoxy groups -OCH3 is 2. The standard InChI is InChI=1S/C9H16N4O2/c1-10-6-7(14-4)11-9(13(2)3)12-8(6)15-5/h10H,1-5H3. The lowest BCUT2D eigenvalue weighted by Gasteiger charge is -2.15. The van der Waals surface area contributed by atoms with Crippen LogP contribution in [0.1, 0.15) is 0 Å². The first kappa shape index (κ1) is 11.4.